The van der Waals surface area contributed by atoms with Crippen LogP contribution in [0.4, 0.5) is 13.9 Å². The van der Waals surface area contributed by atoms with Crippen LogP contribution in [0.25, 0.3) is 10.6 Å². The van der Waals surface area contributed by atoms with Crippen molar-refractivity contribution in [3.63, 3.8) is 0 Å². The molecule has 0 aliphatic rings. The second-order valence-corrected chi connectivity index (χ2v) is 6.01. The van der Waals surface area contributed by atoms with Crippen molar-refractivity contribution in [2.24, 2.45) is 0 Å². The van der Waals surface area contributed by atoms with Crippen LogP contribution in [-0.2, 0) is 0 Å². The van der Waals surface area contributed by atoms with Crippen LogP contribution < -0.4 is 14.8 Å². The summed E-state index contributed by atoms with van der Waals surface area (Å²) >= 11 is 1.03. The molecule has 0 fully saturated rings. The molecule has 0 radical (unpaired) electrons. The SMILES string of the molecule is COc1cccc(OC)c1C(=O)Nc1nnc(-c2ccc(F)c(F)c2)s1. The van der Waals surface area contributed by atoms with Gasteiger partial charge in [-0.25, -0.2) is 8.78 Å². The summed E-state index contributed by atoms with van der Waals surface area (Å²) < 4.78 is 36.8. The summed E-state index contributed by atoms with van der Waals surface area (Å²) in [5.41, 5.74) is 0.568. The summed E-state index contributed by atoms with van der Waals surface area (Å²) in [5, 5.41) is 10.9. The topological polar surface area (TPSA) is 73.3 Å². The Morgan fingerprint density at radius 2 is 1.73 bits per heavy atom. The molecule has 134 valence electrons. The third kappa shape index (κ3) is 3.47. The number of hydrogen-bond acceptors (Lipinski definition) is 6. The number of methoxy groups -OCH3 is 2. The van der Waals surface area contributed by atoms with Gasteiger partial charge in [0.1, 0.15) is 22.1 Å². The Morgan fingerprint density at radius 3 is 2.35 bits per heavy atom. The molecule has 0 aliphatic heterocycles. The number of anilines is 1. The highest BCUT2D eigenvalue weighted by Crippen LogP contribution is 2.31. The molecular formula is C17H13F2N3O3S. The Labute approximate surface area is 151 Å². The van der Waals surface area contributed by atoms with Gasteiger partial charge in [-0.3, -0.25) is 10.1 Å². The number of hydrogen-bond donors (Lipinski definition) is 1. The molecule has 0 unspecified atom stereocenters. The quantitative estimate of drug-likeness (QED) is 0.733. The number of halogens is 2. The standard InChI is InChI=1S/C17H13F2N3O3S/c1-24-12-4-3-5-13(25-2)14(12)15(23)20-17-22-21-16(26-17)9-6-7-10(18)11(19)8-9/h3-8H,1-2H3,(H,20,22,23). The van der Waals surface area contributed by atoms with Gasteiger partial charge >= 0.3 is 0 Å². The molecular weight excluding hydrogens is 364 g/mol. The van der Waals surface area contributed by atoms with Gasteiger partial charge < -0.3 is 9.47 Å². The minimum absolute atomic E-state index is 0.197. The van der Waals surface area contributed by atoms with Crippen molar-refractivity contribution in [2.45, 2.75) is 0 Å². The number of nitrogens with one attached hydrogen (secondary N) is 1. The number of nitrogens with zero attached hydrogens (tertiary/aromatic N) is 2. The third-order valence-corrected chi connectivity index (χ3v) is 4.35. The Kier molecular flexibility index (Phi) is 5.08. The number of carbonyl (C=O) groups is 1. The van der Waals surface area contributed by atoms with Crippen LogP contribution in [0.1, 0.15) is 10.4 Å². The lowest BCUT2D eigenvalue weighted by atomic mass is 10.1. The van der Waals surface area contributed by atoms with Crippen molar-refractivity contribution in [1.29, 1.82) is 0 Å². The molecule has 0 atom stereocenters. The fourth-order valence-corrected chi connectivity index (χ4v) is 2.99. The van der Waals surface area contributed by atoms with Crippen LogP contribution >= 0.6 is 11.3 Å². The van der Waals surface area contributed by atoms with E-state index in [1.165, 1.54) is 20.3 Å². The smallest absolute Gasteiger partial charge is 0.265 e. The van der Waals surface area contributed by atoms with Gasteiger partial charge in [-0.15, -0.1) is 10.2 Å². The van der Waals surface area contributed by atoms with E-state index in [4.69, 9.17) is 9.47 Å². The summed E-state index contributed by atoms with van der Waals surface area (Å²) in [6.07, 6.45) is 0. The molecule has 3 rings (SSSR count). The van der Waals surface area contributed by atoms with Crippen LogP contribution in [0.5, 0.6) is 11.5 Å². The van der Waals surface area contributed by atoms with Gasteiger partial charge in [0.25, 0.3) is 5.91 Å². The zero-order chi connectivity index (χ0) is 18.7. The second kappa shape index (κ2) is 7.44. The van der Waals surface area contributed by atoms with E-state index in [9.17, 15) is 13.6 Å². The summed E-state index contributed by atoms with van der Waals surface area (Å²) in [5.74, 6) is -1.75. The molecule has 6 nitrogen and oxygen atoms in total. The molecule has 1 heterocycles. The number of ether oxygens (including phenoxy) is 2. The van der Waals surface area contributed by atoms with E-state index in [2.05, 4.69) is 15.5 Å². The van der Waals surface area contributed by atoms with E-state index in [1.807, 2.05) is 0 Å². The molecule has 1 aromatic heterocycles. The number of rotatable bonds is 5. The summed E-state index contributed by atoms with van der Waals surface area (Å²) in [6, 6.07) is 8.36. The number of amides is 1. The van der Waals surface area contributed by atoms with Crippen molar-refractivity contribution in [1.82, 2.24) is 10.2 Å². The van der Waals surface area contributed by atoms with E-state index in [1.54, 1.807) is 18.2 Å². The maximum absolute atomic E-state index is 13.4. The molecule has 1 amide bonds. The fraction of sp³-hybridized carbons (Fsp3) is 0.118. The Bertz CT molecular complexity index is 940. The molecule has 0 spiro atoms. The Hall–Kier alpha value is -3.07. The second-order valence-electron chi connectivity index (χ2n) is 5.03. The first-order valence-corrected chi connectivity index (χ1v) is 8.16. The zero-order valence-electron chi connectivity index (χ0n) is 13.7. The largest absolute Gasteiger partial charge is 0.496 e. The van der Waals surface area contributed by atoms with Crippen LogP contribution in [0, 0.1) is 11.6 Å². The van der Waals surface area contributed by atoms with E-state index in [-0.39, 0.29) is 10.7 Å². The van der Waals surface area contributed by atoms with Crippen molar-refractivity contribution in [3.8, 4) is 22.1 Å². The van der Waals surface area contributed by atoms with Gasteiger partial charge in [-0.1, -0.05) is 17.4 Å². The minimum Gasteiger partial charge on any atom is -0.496 e. The van der Waals surface area contributed by atoms with Crippen molar-refractivity contribution >= 4 is 22.4 Å². The summed E-state index contributed by atoms with van der Waals surface area (Å²) in [7, 11) is 2.88. The van der Waals surface area contributed by atoms with Gasteiger partial charge in [0.05, 0.1) is 14.2 Å². The molecule has 3 aromatic rings. The molecule has 26 heavy (non-hydrogen) atoms. The lowest BCUT2D eigenvalue weighted by Crippen LogP contribution is -2.14. The number of aromatic nitrogens is 2. The van der Waals surface area contributed by atoms with Crippen molar-refractivity contribution in [3.05, 3.63) is 53.6 Å². The van der Waals surface area contributed by atoms with Crippen LogP contribution in [-0.4, -0.2) is 30.3 Å². The predicted octanol–water partition coefficient (Wildman–Crippen LogP) is 3.75. The monoisotopic (exact) mass is 377 g/mol. The first-order chi connectivity index (χ1) is 12.5. The molecule has 1 N–H and O–H groups in total. The first kappa shape index (κ1) is 17.7. The molecule has 9 heteroatoms. The average Bonchev–Trinajstić information content (AvgIpc) is 3.11. The van der Waals surface area contributed by atoms with Gasteiger partial charge in [-0.05, 0) is 30.3 Å². The van der Waals surface area contributed by atoms with E-state index in [0.29, 0.717) is 22.1 Å². The lowest BCUT2D eigenvalue weighted by Gasteiger charge is -2.11. The molecule has 0 saturated carbocycles. The third-order valence-electron chi connectivity index (χ3n) is 3.47. The van der Waals surface area contributed by atoms with Crippen LogP contribution in [0.2, 0.25) is 0 Å². The maximum atomic E-state index is 13.4. The highest BCUT2D eigenvalue weighted by atomic mass is 32.1. The predicted molar refractivity (Wildman–Crippen MR) is 92.8 cm³/mol. The van der Waals surface area contributed by atoms with E-state index >= 15 is 0 Å². The van der Waals surface area contributed by atoms with Crippen molar-refractivity contribution < 1.29 is 23.0 Å². The molecule has 0 saturated heterocycles. The number of carbonyl (C=O) groups excluding carboxylic acids is 1. The average molecular weight is 377 g/mol. The first-order valence-electron chi connectivity index (χ1n) is 7.34. The van der Waals surface area contributed by atoms with E-state index < -0.39 is 17.5 Å². The summed E-state index contributed by atoms with van der Waals surface area (Å²) in [6.45, 7) is 0. The normalized spacial score (nSPS) is 10.5. The fourth-order valence-electron chi connectivity index (χ4n) is 2.25. The van der Waals surface area contributed by atoms with Crippen LogP contribution in [0.15, 0.2) is 36.4 Å². The zero-order valence-corrected chi connectivity index (χ0v) is 14.6. The van der Waals surface area contributed by atoms with Gasteiger partial charge in [0.2, 0.25) is 5.13 Å². The number of benzene rings is 2. The Morgan fingerprint density at radius 1 is 1.04 bits per heavy atom. The minimum atomic E-state index is -0.984. The van der Waals surface area contributed by atoms with Gasteiger partial charge in [0.15, 0.2) is 11.6 Å². The molecule has 0 aliphatic carbocycles. The van der Waals surface area contributed by atoms with E-state index in [0.717, 1.165) is 23.5 Å². The highest BCUT2D eigenvalue weighted by Gasteiger charge is 2.20. The van der Waals surface area contributed by atoms with Crippen molar-refractivity contribution in [2.75, 3.05) is 19.5 Å². The molecule has 2 aromatic carbocycles. The van der Waals surface area contributed by atoms with Gasteiger partial charge in [-0.2, -0.15) is 0 Å². The lowest BCUT2D eigenvalue weighted by molar-refractivity contribution is 0.102. The maximum Gasteiger partial charge on any atom is 0.265 e. The van der Waals surface area contributed by atoms with Gasteiger partial charge in [0, 0.05) is 5.56 Å². The Balaban J connectivity index is 1.86. The highest BCUT2D eigenvalue weighted by molar-refractivity contribution is 7.18. The molecule has 0 bridgehead atoms. The summed E-state index contributed by atoms with van der Waals surface area (Å²) in [4.78, 5) is 12.6. The van der Waals surface area contributed by atoms with Crippen LogP contribution in [0.3, 0.4) is 0 Å².